The highest BCUT2D eigenvalue weighted by atomic mass is 16.1. The zero-order valence-electron chi connectivity index (χ0n) is 8.95. The summed E-state index contributed by atoms with van der Waals surface area (Å²) in [5.74, 6) is 0. The van der Waals surface area contributed by atoms with Crippen molar-refractivity contribution in [1.29, 1.82) is 0 Å². The van der Waals surface area contributed by atoms with Crippen LogP contribution in [0.1, 0.15) is 35.2 Å². The van der Waals surface area contributed by atoms with Crippen molar-refractivity contribution in [3.05, 3.63) is 33.7 Å². The predicted octanol–water partition coefficient (Wildman–Crippen LogP) is 0.739. The third kappa shape index (κ3) is 1.13. The summed E-state index contributed by atoms with van der Waals surface area (Å²) < 4.78 is 0. The SMILES string of the molecule is O=CC1=c2c(C=O)ccc3c2=C(CC1)CC3. The molecule has 80 valence electrons. The van der Waals surface area contributed by atoms with Gasteiger partial charge in [0, 0.05) is 11.1 Å². The molecule has 0 aliphatic heterocycles. The monoisotopic (exact) mass is 212 g/mol. The molecule has 0 aromatic heterocycles. The summed E-state index contributed by atoms with van der Waals surface area (Å²) in [6, 6.07) is 3.88. The summed E-state index contributed by atoms with van der Waals surface area (Å²) in [5, 5.41) is 2.12. The number of hydrogen-bond acceptors (Lipinski definition) is 2. The lowest BCUT2D eigenvalue weighted by Crippen LogP contribution is -2.36. The zero-order valence-corrected chi connectivity index (χ0v) is 8.95. The fourth-order valence-electron chi connectivity index (χ4n) is 2.91. The van der Waals surface area contributed by atoms with Crippen LogP contribution in [0.2, 0.25) is 0 Å². The van der Waals surface area contributed by atoms with E-state index in [0.717, 1.165) is 49.0 Å². The number of hydrogen-bond donors (Lipinski definition) is 0. The lowest BCUT2D eigenvalue weighted by molar-refractivity contribution is -0.103. The Balaban J connectivity index is 2.58. The highest BCUT2D eigenvalue weighted by Gasteiger charge is 2.19. The van der Waals surface area contributed by atoms with Crippen molar-refractivity contribution in [3.63, 3.8) is 0 Å². The van der Waals surface area contributed by atoms with E-state index in [9.17, 15) is 9.59 Å². The van der Waals surface area contributed by atoms with Gasteiger partial charge in [-0.3, -0.25) is 9.59 Å². The van der Waals surface area contributed by atoms with Crippen LogP contribution >= 0.6 is 0 Å². The van der Waals surface area contributed by atoms with Crippen molar-refractivity contribution in [2.75, 3.05) is 0 Å². The Kier molecular flexibility index (Phi) is 2.03. The minimum atomic E-state index is 0.667. The van der Waals surface area contributed by atoms with E-state index in [0.29, 0.717) is 5.56 Å². The van der Waals surface area contributed by atoms with Gasteiger partial charge < -0.3 is 0 Å². The molecule has 0 amide bonds. The second-order valence-electron chi connectivity index (χ2n) is 4.43. The van der Waals surface area contributed by atoms with E-state index < -0.39 is 0 Å². The molecule has 0 spiro atoms. The lowest BCUT2D eigenvalue weighted by Gasteiger charge is -2.11. The molecule has 2 aliphatic carbocycles. The molecule has 16 heavy (non-hydrogen) atoms. The molecule has 0 bridgehead atoms. The zero-order chi connectivity index (χ0) is 11.1. The Morgan fingerprint density at radius 1 is 0.875 bits per heavy atom. The number of aryl methyl sites for hydroxylation is 1. The molecule has 2 heteroatoms. The van der Waals surface area contributed by atoms with E-state index >= 15 is 0 Å². The van der Waals surface area contributed by atoms with Crippen LogP contribution in [0.15, 0.2) is 12.1 Å². The topological polar surface area (TPSA) is 34.1 Å². The molecule has 1 aromatic rings. The van der Waals surface area contributed by atoms with E-state index in [2.05, 4.69) is 0 Å². The van der Waals surface area contributed by atoms with Gasteiger partial charge in [0.25, 0.3) is 0 Å². The maximum atomic E-state index is 11.1. The van der Waals surface area contributed by atoms with Gasteiger partial charge in [0.05, 0.1) is 0 Å². The molecule has 2 nitrogen and oxygen atoms in total. The molecule has 0 fully saturated rings. The van der Waals surface area contributed by atoms with Crippen molar-refractivity contribution in [3.8, 4) is 0 Å². The molecule has 0 saturated carbocycles. The average Bonchev–Trinajstić information content (AvgIpc) is 2.75. The van der Waals surface area contributed by atoms with Gasteiger partial charge in [0.1, 0.15) is 6.29 Å². The van der Waals surface area contributed by atoms with Gasteiger partial charge in [-0.25, -0.2) is 0 Å². The molecule has 3 rings (SSSR count). The van der Waals surface area contributed by atoms with Crippen LogP contribution in [0.3, 0.4) is 0 Å². The second kappa shape index (κ2) is 3.41. The maximum Gasteiger partial charge on any atom is 0.150 e. The summed E-state index contributed by atoms with van der Waals surface area (Å²) in [6.45, 7) is 0. The molecule has 0 heterocycles. The summed E-state index contributed by atoms with van der Waals surface area (Å²) >= 11 is 0. The summed E-state index contributed by atoms with van der Waals surface area (Å²) in [7, 11) is 0. The molecule has 0 unspecified atom stereocenters. The first kappa shape index (κ1) is 9.52. The fraction of sp³-hybridized carbons (Fsp3) is 0.286. The predicted molar refractivity (Wildman–Crippen MR) is 61.5 cm³/mol. The highest BCUT2D eigenvalue weighted by Crippen LogP contribution is 2.23. The molecule has 1 aromatic carbocycles. The van der Waals surface area contributed by atoms with Crippen LogP contribution in [0.5, 0.6) is 0 Å². The van der Waals surface area contributed by atoms with Gasteiger partial charge in [-0.1, -0.05) is 17.7 Å². The Hall–Kier alpha value is -1.70. The lowest BCUT2D eigenvalue weighted by atomic mass is 9.93. The summed E-state index contributed by atoms with van der Waals surface area (Å²) in [6.07, 6.45) is 5.70. The van der Waals surface area contributed by atoms with Crippen LogP contribution in [0.25, 0.3) is 11.1 Å². The van der Waals surface area contributed by atoms with Crippen molar-refractivity contribution < 1.29 is 9.59 Å². The summed E-state index contributed by atoms with van der Waals surface area (Å²) in [5.41, 5.74) is 4.19. The van der Waals surface area contributed by atoms with Crippen molar-refractivity contribution in [2.45, 2.75) is 25.7 Å². The minimum absolute atomic E-state index is 0.667. The van der Waals surface area contributed by atoms with Crippen molar-refractivity contribution in [2.24, 2.45) is 0 Å². The molecule has 0 radical (unpaired) electrons. The molecule has 2 aliphatic rings. The Morgan fingerprint density at radius 2 is 1.69 bits per heavy atom. The first-order valence-electron chi connectivity index (χ1n) is 5.62. The standard InChI is InChI=1S/C14H12O2/c15-7-11-5-3-9-1-2-10-4-6-12(8-16)14(11)13(9)10/h3,5,7-8H,1-2,4,6H2. The van der Waals surface area contributed by atoms with Crippen molar-refractivity contribution >= 4 is 23.7 Å². The Labute approximate surface area is 93.3 Å². The minimum Gasteiger partial charge on any atom is -0.298 e. The average molecular weight is 212 g/mol. The van der Waals surface area contributed by atoms with E-state index in [-0.39, 0.29) is 0 Å². The van der Waals surface area contributed by atoms with Crippen LogP contribution < -0.4 is 10.4 Å². The first-order valence-corrected chi connectivity index (χ1v) is 5.62. The van der Waals surface area contributed by atoms with Crippen LogP contribution in [0, 0.1) is 0 Å². The fourth-order valence-corrected chi connectivity index (χ4v) is 2.91. The van der Waals surface area contributed by atoms with E-state index in [1.807, 2.05) is 12.1 Å². The maximum absolute atomic E-state index is 11.1. The number of carbonyl (C=O) groups excluding carboxylic acids is 2. The van der Waals surface area contributed by atoms with Gasteiger partial charge in [0.15, 0.2) is 6.29 Å². The molecule has 0 saturated heterocycles. The van der Waals surface area contributed by atoms with Crippen LogP contribution in [0.4, 0.5) is 0 Å². The highest BCUT2D eigenvalue weighted by molar-refractivity contribution is 6.01. The molecule has 0 N–H and O–H groups in total. The third-order valence-electron chi connectivity index (χ3n) is 3.66. The van der Waals surface area contributed by atoms with Gasteiger partial charge >= 0.3 is 0 Å². The number of rotatable bonds is 2. The van der Waals surface area contributed by atoms with Gasteiger partial charge in [0.2, 0.25) is 0 Å². The van der Waals surface area contributed by atoms with Gasteiger partial charge in [-0.05, 0) is 41.7 Å². The quantitative estimate of drug-likeness (QED) is 0.678. The van der Waals surface area contributed by atoms with Crippen LogP contribution in [-0.4, -0.2) is 12.6 Å². The van der Waals surface area contributed by atoms with E-state index in [1.54, 1.807) is 0 Å². The summed E-state index contributed by atoms with van der Waals surface area (Å²) in [4.78, 5) is 22.1. The number of aldehydes is 2. The Bertz CT molecular complexity index is 608. The Morgan fingerprint density at radius 3 is 2.44 bits per heavy atom. The largest absolute Gasteiger partial charge is 0.298 e. The van der Waals surface area contributed by atoms with Crippen LogP contribution in [-0.2, 0) is 11.2 Å². The van der Waals surface area contributed by atoms with Gasteiger partial charge in [-0.15, -0.1) is 0 Å². The second-order valence-corrected chi connectivity index (χ2v) is 4.43. The molecular weight excluding hydrogens is 200 g/mol. The smallest absolute Gasteiger partial charge is 0.150 e. The number of benzene rings is 1. The molecular formula is C14H12O2. The number of carbonyl (C=O) groups is 2. The van der Waals surface area contributed by atoms with Crippen molar-refractivity contribution in [1.82, 2.24) is 0 Å². The molecule has 0 atom stereocenters. The normalized spacial score (nSPS) is 17.2. The van der Waals surface area contributed by atoms with E-state index in [4.69, 9.17) is 0 Å². The van der Waals surface area contributed by atoms with E-state index in [1.165, 1.54) is 16.4 Å². The third-order valence-corrected chi connectivity index (χ3v) is 3.66. The van der Waals surface area contributed by atoms with Gasteiger partial charge in [-0.2, -0.15) is 0 Å². The first-order chi connectivity index (χ1) is 7.85.